The van der Waals surface area contributed by atoms with Gasteiger partial charge in [0, 0.05) is 5.75 Å². The molecule has 0 bridgehead atoms. The fourth-order valence-electron chi connectivity index (χ4n) is 2.57. The second-order valence-corrected chi connectivity index (χ2v) is 6.26. The highest BCUT2D eigenvalue weighted by atomic mass is 32.2. The Kier molecular flexibility index (Phi) is 3.77. The Balaban J connectivity index is 1.78. The van der Waals surface area contributed by atoms with E-state index in [1.54, 1.807) is 13.0 Å². The van der Waals surface area contributed by atoms with Crippen molar-refractivity contribution in [3.63, 3.8) is 0 Å². The van der Waals surface area contributed by atoms with Gasteiger partial charge in [0.25, 0.3) is 11.8 Å². The molecule has 1 saturated heterocycles. The number of fused-ring (bicyclic) bond motifs is 1. The third kappa shape index (κ3) is 2.44. The molecule has 3 rings (SSSR count). The molecular formula is C15H14N2O5S. The lowest BCUT2D eigenvalue weighted by molar-refractivity contribution is -0.148. The van der Waals surface area contributed by atoms with Crippen LogP contribution in [0.3, 0.4) is 0 Å². The van der Waals surface area contributed by atoms with Crippen molar-refractivity contribution in [3.05, 3.63) is 47.6 Å². The van der Waals surface area contributed by atoms with Gasteiger partial charge in [0.05, 0.1) is 0 Å². The number of aliphatic carboxylic acids is 1. The zero-order chi connectivity index (χ0) is 16.7. The number of hydrogen-bond donors (Lipinski definition) is 2. The highest BCUT2D eigenvalue weighted by molar-refractivity contribution is 8.00. The molecule has 23 heavy (non-hydrogen) atoms. The number of thioether (sulfide) groups is 1. The van der Waals surface area contributed by atoms with E-state index in [0.29, 0.717) is 17.1 Å². The van der Waals surface area contributed by atoms with Crippen LogP contribution in [0.4, 0.5) is 0 Å². The van der Waals surface area contributed by atoms with Gasteiger partial charge in [0.15, 0.2) is 5.76 Å². The number of β-lactam (4-membered cyclic amide) rings is 1. The smallest absolute Gasteiger partial charge is 0.352 e. The summed E-state index contributed by atoms with van der Waals surface area (Å²) in [5.74, 6) is -0.982. The summed E-state index contributed by atoms with van der Waals surface area (Å²) in [4.78, 5) is 37.0. The summed E-state index contributed by atoms with van der Waals surface area (Å²) >= 11 is 1.39. The lowest BCUT2D eigenvalue weighted by Gasteiger charge is -2.49. The number of rotatable bonds is 4. The van der Waals surface area contributed by atoms with E-state index >= 15 is 0 Å². The minimum absolute atomic E-state index is 0.0620. The SMILES string of the molecule is C=CC1=C(C(=O)O)N2C(=O)[C@@H](NC(=O)c3ccc(C)o3)[C@H]2SC1. The average molecular weight is 334 g/mol. The molecule has 8 heteroatoms. The monoisotopic (exact) mass is 334 g/mol. The molecule has 7 nitrogen and oxygen atoms in total. The van der Waals surface area contributed by atoms with Crippen molar-refractivity contribution in [1.82, 2.24) is 10.2 Å². The van der Waals surface area contributed by atoms with Crippen LogP contribution in [0.15, 0.2) is 40.5 Å². The number of nitrogens with zero attached hydrogens (tertiary/aromatic N) is 1. The maximum atomic E-state index is 12.3. The molecule has 2 atom stereocenters. The Morgan fingerprint density at radius 2 is 2.26 bits per heavy atom. The maximum Gasteiger partial charge on any atom is 0.352 e. The van der Waals surface area contributed by atoms with Crippen molar-refractivity contribution in [2.24, 2.45) is 0 Å². The van der Waals surface area contributed by atoms with Crippen molar-refractivity contribution in [3.8, 4) is 0 Å². The van der Waals surface area contributed by atoms with Crippen LogP contribution >= 0.6 is 11.8 Å². The van der Waals surface area contributed by atoms with Crippen LogP contribution in [0.5, 0.6) is 0 Å². The first-order chi connectivity index (χ1) is 10.9. The van der Waals surface area contributed by atoms with Crippen LogP contribution in [-0.2, 0) is 9.59 Å². The van der Waals surface area contributed by atoms with Crippen LogP contribution in [-0.4, -0.2) is 45.0 Å². The average Bonchev–Trinajstić information content (AvgIpc) is 2.97. The summed E-state index contributed by atoms with van der Waals surface area (Å²) in [5, 5.41) is 11.5. The number of carbonyl (C=O) groups excluding carboxylic acids is 2. The molecule has 2 aliphatic rings. The lowest BCUT2D eigenvalue weighted by Crippen LogP contribution is -2.70. The van der Waals surface area contributed by atoms with E-state index in [1.165, 1.54) is 28.8 Å². The minimum Gasteiger partial charge on any atom is -0.477 e. The third-order valence-corrected chi connectivity index (χ3v) is 5.00. The number of allylic oxidation sites excluding steroid dienone is 1. The molecule has 0 aromatic carbocycles. The van der Waals surface area contributed by atoms with Crippen LogP contribution in [0.25, 0.3) is 0 Å². The molecule has 1 aromatic rings. The van der Waals surface area contributed by atoms with Gasteiger partial charge in [0.1, 0.15) is 22.9 Å². The second-order valence-electron chi connectivity index (χ2n) is 5.15. The van der Waals surface area contributed by atoms with E-state index in [9.17, 15) is 19.5 Å². The van der Waals surface area contributed by atoms with Crippen LogP contribution < -0.4 is 5.32 Å². The first-order valence-electron chi connectivity index (χ1n) is 6.85. The van der Waals surface area contributed by atoms with Gasteiger partial charge in [-0.3, -0.25) is 14.5 Å². The number of carboxylic acids is 1. The Labute approximate surface area is 136 Å². The minimum atomic E-state index is -1.18. The molecule has 2 N–H and O–H groups in total. The molecule has 0 radical (unpaired) electrons. The summed E-state index contributed by atoms with van der Waals surface area (Å²) in [7, 11) is 0. The summed E-state index contributed by atoms with van der Waals surface area (Å²) in [6.45, 7) is 5.29. The molecule has 0 spiro atoms. The van der Waals surface area contributed by atoms with E-state index in [4.69, 9.17) is 4.42 Å². The molecule has 3 heterocycles. The molecule has 1 aromatic heterocycles. The van der Waals surface area contributed by atoms with Crippen LogP contribution in [0.2, 0.25) is 0 Å². The molecule has 0 aliphatic carbocycles. The number of furan rings is 1. The predicted molar refractivity (Wildman–Crippen MR) is 82.7 cm³/mol. The molecule has 120 valence electrons. The summed E-state index contributed by atoms with van der Waals surface area (Å²) in [6, 6.07) is 2.41. The Morgan fingerprint density at radius 1 is 1.52 bits per heavy atom. The first-order valence-corrected chi connectivity index (χ1v) is 7.89. The van der Waals surface area contributed by atoms with Gasteiger partial charge in [-0.2, -0.15) is 0 Å². The molecule has 0 saturated carbocycles. The summed E-state index contributed by atoms with van der Waals surface area (Å²) in [6.07, 6.45) is 1.44. The Morgan fingerprint density at radius 3 is 2.83 bits per heavy atom. The van der Waals surface area contributed by atoms with E-state index in [1.807, 2.05) is 0 Å². The number of amides is 2. The number of nitrogens with one attached hydrogen (secondary N) is 1. The molecule has 0 unspecified atom stereocenters. The fraction of sp³-hybridized carbons (Fsp3) is 0.267. The lowest BCUT2D eigenvalue weighted by atomic mass is 10.0. The van der Waals surface area contributed by atoms with Crippen molar-refractivity contribution >= 4 is 29.5 Å². The quantitative estimate of drug-likeness (QED) is 0.801. The summed E-state index contributed by atoms with van der Waals surface area (Å²) < 4.78 is 5.22. The van der Waals surface area contributed by atoms with Crippen LogP contribution in [0.1, 0.15) is 16.3 Å². The van der Waals surface area contributed by atoms with E-state index in [2.05, 4.69) is 11.9 Å². The summed E-state index contributed by atoms with van der Waals surface area (Å²) in [5.41, 5.74) is 0.437. The number of aryl methyl sites for hydroxylation is 1. The third-order valence-electron chi connectivity index (χ3n) is 3.70. The van der Waals surface area contributed by atoms with Crippen molar-refractivity contribution < 1.29 is 23.9 Å². The van der Waals surface area contributed by atoms with E-state index < -0.39 is 29.2 Å². The standard InChI is InChI=1S/C15H14N2O5S/c1-3-8-6-23-14-10(13(19)17(14)11(8)15(20)21)16-12(18)9-5-4-7(2)22-9/h3-5,10,14H,1,6H2,2H3,(H,16,18)(H,20,21)/t10-,14-/m1/s1. The van der Waals surface area contributed by atoms with E-state index in [0.717, 1.165) is 0 Å². The zero-order valence-corrected chi connectivity index (χ0v) is 13.1. The van der Waals surface area contributed by atoms with Crippen LogP contribution in [0, 0.1) is 6.92 Å². The molecule has 1 fully saturated rings. The van der Waals surface area contributed by atoms with Crippen molar-refractivity contribution in [2.45, 2.75) is 18.3 Å². The fourth-order valence-corrected chi connectivity index (χ4v) is 3.91. The largest absolute Gasteiger partial charge is 0.477 e. The van der Waals surface area contributed by atoms with Gasteiger partial charge in [-0.15, -0.1) is 11.8 Å². The predicted octanol–water partition coefficient (Wildman–Crippen LogP) is 1.13. The van der Waals surface area contributed by atoms with Crippen molar-refractivity contribution in [2.75, 3.05) is 5.75 Å². The van der Waals surface area contributed by atoms with Gasteiger partial charge in [0.2, 0.25) is 0 Å². The number of carbonyl (C=O) groups is 3. The highest BCUT2D eigenvalue weighted by Crippen LogP contribution is 2.40. The normalized spacial score (nSPS) is 23.2. The van der Waals surface area contributed by atoms with Gasteiger partial charge in [-0.1, -0.05) is 12.7 Å². The highest BCUT2D eigenvalue weighted by Gasteiger charge is 2.54. The maximum absolute atomic E-state index is 12.3. The van der Waals surface area contributed by atoms with Gasteiger partial charge in [-0.25, -0.2) is 4.79 Å². The molecular weight excluding hydrogens is 320 g/mol. The topological polar surface area (TPSA) is 99.9 Å². The first kappa shape index (κ1) is 15.4. The zero-order valence-electron chi connectivity index (χ0n) is 12.2. The number of carboxylic acid groups (broad SMARTS) is 1. The van der Waals surface area contributed by atoms with Gasteiger partial charge >= 0.3 is 5.97 Å². The molecule has 2 aliphatic heterocycles. The number of hydrogen-bond acceptors (Lipinski definition) is 5. The second kappa shape index (κ2) is 5.62. The Bertz CT molecular complexity index is 751. The van der Waals surface area contributed by atoms with Gasteiger partial charge in [-0.05, 0) is 24.6 Å². The van der Waals surface area contributed by atoms with E-state index in [-0.39, 0.29) is 11.5 Å². The molecule has 2 amide bonds. The van der Waals surface area contributed by atoms with Crippen molar-refractivity contribution in [1.29, 1.82) is 0 Å². The van der Waals surface area contributed by atoms with Gasteiger partial charge < -0.3 is 14.8 Å². The Hall–Kier alpha value is -2.48.